The summed E-state index contributed by atoms with van der Waals surface area (Å²) in [4.78, 5) is 0.287. The standard InChI is InChI=1S/C19H25NO3S/c1-12(2)16-11-18(15(5)10-17(16)23-6)24(21,22)20-19-13(3)8-7-9-14(19)4/h7-12,20H,1-6H3. The highest BCUT2D eigenvalue weighted by Gasteiger charge is 2.22. The van der Waals surface area contributed by atoms with E-state index in [1.165, 1.54) is 0 Å². The third-order valence-electron chi connectivity index (χ3n) is 4.16. The SMILES string of the molecule is COc1cc(C)c(S(=O)(=O)Nc2c(C)cccc2C)cc1C(C)C. The van der Waals surface area contributed by atoms with Crippen molar-refractivity contribution >= 4 is 15.7 Å². The fourth-order valence-electron chi connectivity index (χ4n) is 2.76. The Kier molecular flexibility index (Phi) is 5.23. The molecule has 4 nitrogen and oxygen atoms in total. The van der Waals surface area contributed by atoms with Gasteiger partial charge >= 0.3 is 0 Å². The molecule has 130 valence electrons. The second-order valence-electron chi connectivity index (χ2n) is 6.39. The van der Waals surface area contributed by atoms with Crippen molar-refractivity contribution < 1.29 is 13.2 Å². The molecule has 0 unspecified atom stereocenters. The van der Waals surface area contributed by atoms with E-state index in [-0.39, 0.29) is 10.8 Å². The minimum atomic E-state index is -3.68. The lowest BCUT2D eigenvalue weighted by molar-refractivity contribution is 0.406. The minimum absolute atomic E-state index is 0.162. The number of ether oxygens (including phenoxy) is 1. The number of sulfonamides is 1. The summed E-state index contributed by atoms with van der Waals surface area (Å²) in [5.41, 5.74) is 3.97. The number of anilines is 1. The zero-order valence-corrected chi connectivity index (χ0v) is 15.9. The van der Waals surface area contributed by atoms with Gasteiger partial charge in [0.15, 0.2) is 0 Å². The molecular weight excluding hydrogens is 322 g/mol. The van der Waals surface area contributed by atoms with Crippen LogP contribution in [0.15, 0.2) is 35.2 Å². The number of benzene rings is 2. The van der Waals surface area contributed by atoms with Gasteiger partial charge in [-0.25, -0.2) is 8.42 Å². The molecule has 0 radical (unpaired) electrons. The quantitative estimate of drug-likeness (QED) is 0.863. The third-order valence-corrected chi connectivity index (χ3v) is 5.65. The molecule has 2 rings (SSSR count). The molecule has 0 amide bonds. The maximum absolute atomic E-state index is 12.9. The van der Waals surface area contributed by atoms with E-state index in [4.69, 9.17) is 4.74 Å². The van der Waals surface area contributed by atoms with Crippen molar-refractivity contribution in [3.8, 4) is 5.75 Å². The van der Waals surface area contributed by atoms with E-state index < -0.39 is 10.0 Å². The predicted molar refractivity (Wildman–Crippen MR) is 98.5 cm³/mol. The van der Waals surface area contributed by atoms with Crippen LogP contribution in [-0.2, 0) is 10.0 Å². The molecule has 0 heterocycles. The first-order chi connectivity index (χ1) is 11.2. The first-order valence-corrected chi connectivity index (χ1v) is 9.43. The molecule has 5 heteroatoms. The largest absolute Gasteiger partial charge is 0.496 e. The van der Waals surface area contributed by atoms with Crippen LogP contribution in [0.2, 0.25) is 0 Å². The fraction of sp³-hybridized carbons (Fsp3) is 0.368. The van der Waals surface area contributed by atoms with E-state index in [2.05, 4.69) is 4.72 Å². The first kappa shape index (κ1) is 18.3. The Hall–Kier alpha value is -2.01. The summed E-state index contributed by atoms with van der Waals surface area (Å²) in [6.07, 6.45) is 0. The van der Waals surface area contributed by atoms with Crippen molar-refractivity contribution in [3.63, 3.8) is 0 Å². The second kappa shape index (κ2) is 6.85. The van der Waals surface area contributed by atoms with Crippen LogP contribution in [0.1, 0.15) is 42.0 Å². The zero-order valence-electron chi connectivity index (χ0n) is 15.1. The molecule has 0 aliphatic carbocycles. The Labute approximate surface area is 144 Å². The number of aryl methyl sites for hydroxylation is 3. The summed E-state index contributed by atoms with van der Waals surface area (Å²) < 4.78 is 34.0. The van der Waals surface area contributed by atoms with Crippen molar-refractivity contribution in [1.29, 1.82) is 0 Å². The van der Waals surface area contributed by atoms with E-state index in [1.54, 1.807) is 26.2 Å². The summed E-state index contributed by atoms with van der Waals surface area (Å²) in [5, 5.41) is 0. The molecule has 0 bridgehead atoms. The topological polar surface area (TPSA) is 55.4 Å². The molecule has 0 spiro atoms. The summed E-state index contributed by atoms with van der Waals surface area (Å²) >= 11 is 0. The van der Waals surface area contributed by atoms with Gasteiger partial charge in [0.2, 0.25) is 0 Å². The molecule has 2 aromatic rings. The number of rotatable bonds is 5. The number of nitrogens with one attached hydrogen (secondary N) is 1. The van der Waals surface area contributed by atoms with Gasteiger partial charge in [-0.15, -0.1) is 0 Å². The third kappa shape index (κ3) is 3.56. The molecule has 0 fully saturated rings. The number of para-hydroxylation sites is 1. The average Bonchev–Trinajstić information content (AvgIpc) is 2.50. The van der Waals surface area contributed by atoms with Gasteiger partial charge in [0.1, 0.15) is 5.75 Å². The molecule has 1 N–H and O–H groups in total. The van der Waals surface area contributed by atoms with Gasteiger partial charge in [0.25, 0.3) is 10.0 Å². The summed E-state index contributed by atoms with van der Waals surface area (Å²) in [6.45, 7) is 9.60. The number of methoxy groups -OCH3 is 1. The summed E-state index contributed by atoms with van der Waals surface area (Å²) in [7, 11) is -2.07. The van der Waals surface area contributed by atoms with Crippen LogP contribution < -0.4 is 9.46 Å². The number of hydrogen-bond donors (Lipinski definition) is 1. The molecule has 0 aliphatic heterocycles. The van der Waals surface area contributed by atoms with Crippen LogP contribution in [0.3, 0.4) is 0 Å². The van der Waals surface area contributed by atoms with Crippen LogP contribution in [0.25, 0.3) is 0 Å². The fourth-order valence-corrected chi connectivity index (χ4v) is 4.23. The Balaban J connectivity index is 2.56. The Bertz CT molecular complexity index is 835. The maximum atomic E-state index is 12.9. The lowest BCUT2D eigenvalue weighted by Gasteiger charge is -2.18. The minimum Gasteiger partial charge on any atom is -0.496 e. The van der Waals surface area contributed by atoms with Crippen molar-refractivity contribution in [3.05, 3.63) is 52.6 Å². The van der Waals surface area contributed by atoms with Crippen LogP contribution in [0.5, 0.6) is 5.75 Å². The predicted octanol–water partition coefficient (Wildman–Crippen LogP) is 4.54. The Morgan fingerprint density at radius 3 is 2.08 bits per heavy atom. The van der Waals surface area contributed by atoms with E-state index in [9.17, 15) is 8.42 Å². The van der Waals surface area contributed by atoms with Gasteiger partial charge < -0.3 is 4.74 Å². The second-order valence-corrected chi connectivity index (χ2v) is 8.04. The van der Waals surface area contributed by atoms with Gasteiger partial charge in [-0.05, 0) is 61.1 Å². The van der Waals surface area contributed by atoms with Gasteiger partial charge in [-0.3, -0.25) is 4.72 Å². The van der Waals surface area contributed by atoms with Gasteiger partial charge in [0, 0.05) is 0 Å². The average molecular weight is 347 g/mol. The van der Waals surface area contributed by atoms with Crippen molar-refractivity contribution in [1.82, 2.24) is 0 Å². The van der Waals surface area contributed by atoms with Gasteiger partial charge in [0.05, 0.1) is 17.7 Å². The van der Waals surface area contributed by atoms with Gasteiger partial charge in [-0.1, -0.05) is 32.0 Å². The molecule has 24 heavy (non-hydrogen) atoms. The highest BCUT2D eigenvalue weighted by Crippen LogP contribution is 2.33. The normalized spacial score (nSPS) is 11.6. The van der Waals surface area contributed by atoms with Crippen LogP contribution in [0, 0.1) is 20.8 Å². The Morgan fingerprint density at radius 2 is 1.58 bits per heavy atom. The summed E-state index contributed by atoms with van der Waals surface area (Å²) in [6, 6.07) is 9.21. The lowest BCUT2D eigenvalue weighted by atomic mass is 10.0. The van der Waals surface area contributed by atoms with E-state index in [0.717, 1.165) is 16.7 Å². The Morgan fingerprint density at radius 1 is 1.00 bits per heavy atom. The van der Waals surface area contributed by atoms with Crippen LogP contribution in [-0.4, -0.2) is 15.5 Å². The highest BCUT2D eigenvalue weighted by molar-refractivity contribution is 7.92. The first-order valence-electron chi connectivity index (χ1n) is 7.95. The maximum Gasteiger partial charge on any atom is 0.262 e. The van der Waals surface area contributed by atoms with Crippen molar-refractivity contribution in [2.75, 3.05) is 11.8 Å². The monoisotopic (exact) mass is 347 g/mol. The van der Waals surface area contributed by atoms with Crippen LogP contribution in [0.4, 0.5) is 5.69 Å². The molecule has 0 aromatic heterocycles. The highest BCUT2D eigenvalue weighted by atomic mass is 32.2. The number of hydrogen-bond acceptors (Lipinski definition) is 3. The van der Waals surface area contributed by atoms with Crippen LogP contribution >= 0.6 is 0 Å². The summed E-state index contributed by atoms with van der Waals surface area (Å²) in [5.74, 6) is 0.878. The van der Waals surface area contributed by atoms with Gasteiger partial charge in [-0.2, -0.15) is 0 Å². The molecule has 0 atom stereocenters. The van der Waals surface area contributed by atoms with Crippen molar-refractivity contribution in [2.24, 2.45) is 0 Å². The van der Waals surface area contributed by atoms with Crippen molar-refractivity contribution in [2.45, 2.75) is 45.4 Å². The molecule has 0 aliphatic rings. The lowest BCUT2D eigenvalue weighted by Crippen LogP contribution is -2.16. The molecule has 0 saturated carbocycles. The smallest absolute Gasteiger partial charge is 0.262 e. The molecule has 2 aromatic carbocycles. The molecular formula is C19H25NO3S. The van der Waals surface area contributed by atoms with E-state index in [0.29, 0.717) is 17.0 Å². The van der Waals surface area contributed by atoms with E-state index >= 15 is 0 Å². The molecule has 0 saturated heterocycles. The zero-order chi connectivity index (χ0) is 18.1. The van der Waals surface area contributed by atoms with E-state index in [1.807, 2.05) is 45.9 Å².